The Morgan fingerprint density at radius 2 is 2.05 bits per heavy atom. The molecule has 2 rings (SSSR count). The molecule has 122 valence electrons. The van der Waals surface area contributed by atoms with Crippen molar-refractivity contribution in [3.63, 3.8) is 0 Å². The third-order valence-corrected chi connectivity index (χ3v) is 4.40. The maximum atomic E-state index is 13.6. The maximum absolute atomic E-state index is 13.6. The van der Waals surface area contributed by atoms with Gasteiger partial charge in [0.1, 0.15) is 5.69 Å². The Bertz CT molecular complexity index is 547. The summed E-state index contributed by atoms with van der Waals surface area (Å²) in [5, 5.41) is 14.7. The molecule has 4 nitrogen and oxygen atoms in total. The summed E-state index contributed by atoms with van der Waals surface area (Å²) in [5.41, 5.74) is -0.969. The second-order valence-corrected chi connectivity index (χ2v) is 6.40. The van der Waals surface area contributed by atoms with Gasteiger partial charge in [0.15, 0.2) is 11.6 Å². The van der Waals surface area contributed by atoms with Crippen LogP contribution in [0.2, 0.25) is 5.02 Å². The Morgan fingerprint density at radius 3 is 2.64 bits per heavy atom. The number of carbonyl (C=O) groups is 1. The summed E-state index contributed by atoms with van der Waals surface area (Å²) in [6, 6.07) is 1.12. The van der Waals surface area contributed by atoms with Crippen LogP contribution in [0.4, 0.5) is 19.3 Å². The first-order chi connectivity index (χ1) is 10.3. The van der Waals surface area contributed by atoms with Crippen molar-refractivity contribution in [3.05, 3.63) is 28.8 Å². The Balaban J connectivity index is 1.96. The number of rotatable bonds is 3. The van der Waals surface area contributed by atoms with Crippen molar-refractivity contribution in [2.75, 3.05) is 11.9 Å². The highest BCUT2D eigenvalue weighted by atomic mass is 35.5. The average Bonchev–Trinajstić information content (AvgIpc) is 2.44. The lowest BCUT2D eigenvalue weighted by molar-refractivity contribution is 0.00332. The first-order valence-corrected chi connectivity index (χ1v) is 7.57. The highest BCUT2D eigenvalue weighted by Gasteiger charge is 2.35. The van der Waals surface area contributed by atoms with Gasteiger partial charge >= 0.3 is 6.03 Å². The number of nitrogens with one attached hydrogen (secondary N) is 2. The number of benzene rings is 1. The fraction of sp³-hybridized carbons (Fsp3) is 0.533. The van der Waals surface area contributed by atoms with Crippen molar-refractivity contribution in [2.24, 2.45) is 5.41 Å². The Morgan fingerprint density at radius 1 is 1.41 bits per heavy atom. The number of anilines is 1. The molecule has 0 bridgehead atoms. The van der Waals surface area contributed by atoms with Crippen molar-refractivity contribution >= 4 is 23.3 Å². The van der Waals surface area contributed by atoms with Gasteiger partial charge in [-0.1, -0.05) is 31.4 Å². The molecule has 1 aromatic carbocycles. The molecule has 0 saturated heterocycles. The van der Waals surface area contributed by atoms with Crippen LogP contribution in [-0.2, 0) is 0 Å². The number of aliphatic hydroxyl groups excluding tert-OH is 1. The van der Waals surface area contributed by atoms with E-state index in [9.17, 15) is 18.7 Å². The molecule has 1 fully saturated rings. The van der Waals surface area contributed by atoms with E-state index in [1.807, 2.05) is 6.92 Å². The first kappa shape index (κ1) is 17.0. The van der Waals surface area contributed by atoms with Crippen LogP contribution in [0.25, 0.3) is 0 Å². The first-order valence-electron chi connectivity index (χ1n) is 7.19. The van der Waals surface area contributed by atoms with Crippen LogP contribution in [0.3, 0.4) is 0 Å². The third-order valence-electron chi connectivity index (χ3n) is 4.18. The van der Waals surface area contributed by atoms with Crippen LogP contribution in [0, 0.1) is 17.0 Å². The lowest BCUT2D eigenvalue weighted by atomic mass is 9.73. The van der Waals surface area contributed by atoms with Gasteiger partial charge in [-0.15, -0.1) is 0 Å². The molecule has 1 aliphatic carbocycles. The smallest absolute Gasteiger partial charge is 0.319 e. The van der Waals surface area contributed by atoms with E-state index in [0.717, 1.165) is 31.4 Å². The Hall–Kier alpha value is -1.40. The van der Waals surface area contributed by atoms with Gasteiger partial charge in [-0.25, -0.2) is 13.6 Å². The number of aliphatic hydroxyl groups is 1. The Kier molecular flexibility index (Phi) is 5.24. The predicted molar refractivity (Wildman–Crippen MR) is 81.0 cm³/mol. The monoisotopic (exact) mass is 332 g/mol. The molecule has 22 heavy (non-hydrogen) atoms. The molecule has 0 heterocycles. The molecular weight excluding hydrogens is 314 g/mol. The number of amides is 2. The second-order valence-electron chi connectivity index (χ2n) is 5.97. The van der Waals surface area contributed by atoms with Gasteiger partial charge in [-0.2, -0.15) is 0 Å². The van der Waals surface area contributed by atoms with Crippen molar-refractivity contribution in [3.8, 4) is 0 Å². The normalized spacial score (nSPS) is 24.9. The summed E-state index contributed by atoms with van der Waals surface area (Å²) < 4.78 is 27.2. The summed E-state index contributed by atoms with van der Waals surface area (Å²) in [6.45, 7) is 2.12. The molecule has 0 spiro atoms. The van der Waals surface area contributed by atoms with E-state index in [1.165, 1.54) is 0 Å². The highest BCUT2D eigenvalue weighted by molar-refractivity contribution is 6.30. The van der Waals surface area contributed by atoms with Crippen LogP contribution in [-0.4, -0.2) is 23.8 Å². The fourth-order valence-electron chi connectivity index (χ4n) is 2.69. The molecule has 1 saturated carbocycles. The minimum absolute atomic E-state index is 0.0844. The third kappa shape index (κ3) is 3.87. The van der Waals surface area contributed by atoms with Gasteiger partial charge < -0.3 is 15.7 Å². The van der Waals surface area contributed by atoms with Gasteiger partial charge in [0.2, 0.25) is 0 Å². The molecule has 7 heteroatoms. The summed E-state index contributed by atoms with van der Waals surface area (Å²) >= 11 is 5.52. The molecule has 1 aliphatic rings. The van der Waals surface area contributed by atoms with Crippen LogP contribution in [0.5, 0.6) is 0 Å². The summed E-state index contributed by atoms with van der Waals surface area (Å²) in [6.07, 6.45) is 2.94. The number of urea groups is 1. The van der Waals surface area contributed by atoms with Gasteiger partial charge in [0.25, 0.3) is 0 Å². The lowest BCUT2D eigenvalue weighted by Gasteiger charge is -2.38. The summed E-state index contributed by atoms with van der Waals surface area (Å²) in [5.74, 6) is -1.88. The number of carbonyl (C=O) groups excluding carboxylic acids is 1. The topological polar surface area (TPSA) is 61.4 Å². The Labute approximate surface area is 132 Å². The van der Waals surface area contributed by atoms with Crippen LogP contribution in [0.1, 0.15) is 32.6 Å². The molecule has 1 aromatic rings. The molecule has 3 N–H and O–H groups in total. The zero-order valence-corrected chi connectivity index (χ0v) is 13.0. The van der Waals surface area contributed by atoms with E-state index in [4.69, 9.17) is 11.6 Å². The number of hydrogen-bond acceptors (Lipinski definition) is 2. The summed E-state index contributed by atoms with van der Waals surface area (Å²) in [7, 11) is 0. The average molecular weight is 333 g/mol. The van der Waals surface area contributed by atoms with Crippen LogP contribution < -0.4 is 10.6 Å². The number of halogens is 3. The van der Waals surface area contributed by atoms with Crippen molar-refractivity contribution in [1.82, 2.24) is 5.32 Å². The standard InChI is InChI=1S/C15H19ClF2N2O2/c1-15(5-3-2-4-12(15)21)8-19-14(22)20-13-10(17)6-9(16)7-11(13)18/h6-7,12,21H,2-5,8H2,1H3,(H2,19,20,22). The van der Waals surface area contributed by atoms with E-state index >= 15 is 0 Å². The molecule has 2 atom stereocenters. The van der Waals surface area contributed by atoms with E-state index in [-0.39, 0.29) is 11.6 Å². The molecule has 0 aliphatic heterocycles. The van der Waals surface area contributed by atoms with Crippen molar-refractivity contribution < 1.29 is 18.7 Å². The van der Waals surface area contributed by atoms with Gasteiger partial charge in [0, 0.05) is 17.0 Å². The quantitative estimate of drug-likeness (QED) is 0.790. The molecule has 2 unspecified atom stereocenters. The molecule has 0 aromatic heterocycles. The second kappa shape index (κ2) is 6.79. The van der Waals surface area contributed by atoms with Gasteiger partial charge in [0.05, 0.1) is 6.10 Å². The van der Waals surface area contributed by atoms with Crippen LogP contribution in [0.15, 0.2) is 12.1 Å². The van der Waals surface area contributed by atoms with E-state index in [2.05, 4.69) is 10.6 Å². The minimum Gasteiger partial charge on any atom is -0.392 e. The predicted octanol–water partition coefficient (Wildman–Crippen LogP) is 3.68. The van der Waals surface area contributed by atoms with Gasteiger partial charge in [-0.3, -0.25) is 0 Å². The van der Waals surface area contributed by atoms with E-state index in [1.54, 1.807) is 0 Å². The molecule has 0 radical (unpaired) electrons. The lowest BCUT2D eigenvalue weighted by Crippen LogP contribution is -2.46. The van der Waals surface area contributed by atoms with Crippen molar-refractivity contribution in [1.29, 1.82) is 0 Å². The number of hydrogen-bond donors (Lipinski definition) is 3. The van der Waals surface area contributed by atoms with E-state index in [0.29, 0.717) is 6.42 Å². The largest absolute Gasteiger partial charge is 0.392 e. The zero-order chi connectivity index (χ0) is 16.3. The minimum atomic E-state index is -0.941. The molecule has 2 amide bonds. The molecular formula is C15H19ClF2N2O2. The highest BCUT2D eigenvalue weighted by Crippen LogP contribution is 2.35. The van der Waals surface area contributed by atoms with Crippen molar-refractivity contribution in [2.45, 2.75) is 38.7 Å². The van der Waals surface area contributed by atoms with Crippen LogP contribution >= 0.6 is 11.6 Å². The van der Waals surface area contributed by atoms with Gasteiger partial charge in [-0.05, 0) is 25.0 Å². The SMILES string of the molecule is CC1(CNC(=O)Nc2c(F)cc(Cl)cc2F)CCCCC1O. The summed E-state index contributed by atoms with van der Waals surface area (Å²) in [4.78, 5) is 11.8. The van der Waals surface area contributed by atoms with E-state index < -0.39 is 34.9 Å². The maximum Gasteiger partial charge on any atom is 0.319 e. The fourth-order valence-corrected chi connectivity index (χ4v) is 2.88. The zero-order valence-electron chi connectivity index (χ0n) is 12.3.